The molecule has 1 aromatic rings. The summed E-state index contributed by atoms with van der Waals surface area (Å²) in [5.41, 5.74) is 2.10. The topological polar surface area (TPSA) is 29.9 Å². The number of hydrogen-bond acceptors (Lipinski definition) is 2. The second kappa shape index (κ2) is 5.69. The van der Waals surface area contributed by atoms with E-state index in [0.717, 1.165) is 29.4 Å². The maximum Gasteiger partial charge on any atom is 0.0847 e. The first-order chi connectivity index (χ1) is 7.51. The van der Waals surface area contributed by atoms with Gasteiger partial charge in [0.15, 0.2) is 0 Å². The molecule has 92 valence electrons. The van der Waals surface area contributed by atoms with Crippen molar-refractivity contribution in [2.75, 3.05) is 7.05 Å². The lowest BCUT2D eigenvalue weighted by atomic mass is 9.98. The van der Waals surface area contributed by atoms with Crippen molar-refractivity contribution in [3.05, 3.63) is 16.4 Å². The molecule has 4 heteroatoms. The van der Waals surface area contributed by atoms with Crippen LogP contribution in [0.3, 0.4) is 0 Å². The summed E-state index contributed by atoms with van der Waals surface area (Å²) in [6.07, 6.45) is 0.968. The standard InChI is InChI=1S/C12H22ClN3/c1-6-16-11(12(13)10(4)15-16)7-8(2)9(3)14-5/h8-9,14H,6-7H2,1-5H3. The summed E-state index contributed by atoms with van der Waals surface area (Å²) in [5, 5.41) is 8.54. The smallest absolute Gasteiger partial charge is 0.0847 e. The Bertz CT molecular complexity index is 346. The average molecular weight is 244 g/mol. The SMILES string of the molecule is CCn1nc(C)c(Cl)c1CC(C)C(C)NC. The van der Waals surface area contributed by atoms with E-state index in [1.165, 1.54) is 0 Å². The van der Waals surface area contributed by atoms with Gasteiger partial charge in [0.1, 0.15) is 0 Å². The fraction of sp³-hybridized carbons (Fsp3) is 0.750. The van der Waals surface area contributed by atoms with Crippen LogP contribution in [0.1, 0.15) is 32.2 Å². The Labute approximate surface area is 103 Å². The molecule has 16 heavy (non-hydrogen) atoms. The largest absolute Gasteiger partial charge is 0.317 e. The van der Waals surface area contributed by atoms with Crippen molar-refractivity contribution in [3.63, 3.8) is 0 Å². The molecule has 1 aromatic heterocycles. The summed E-state index contributed by atoms with van der Waals surface area (Å²) in [6, 6.07) is 0.483. The first-order valence-corrected chi connectivity index (χ1v) is 6.28. The Morgan fingerprint density at radius 2 is 2.06 bits per heavy atom. The fourth-order valence-electron chi connectivity index (χ4n) is 1.83. The van der Waals surface area contributed by atoms with Crippen LogP contribution in [-0.4, -0.2) is 22.9 Å². The predicted octanol–water partition coefficient (Wildman–Crippen LogP) is 2.65. The van der Waals surface area contributed by atoms with Crippen molar-refractivity contribution in [1.82, 2.24) is 15.1 Å². The van der Waals surface area contributed by atoms with Gasteiger partial charge in [0.25, 0.3) is 0 Å². The summed E-state index contributed by atoms with van der Waals surface area (Å²) in [7, 11) is 1.99. The molecule has 0 aromatic carbocycles. The third kappa shape index (κ3) is 2.77. The highest BCUT2D eigenvalue weighted by Gasteiger charge is 2.18. The normalized spacial score (nSPS) is 15.1. The molecule has 1 heterocycles. The van der Waals surface area contributed by atoms with Gasteiger partial charge in [-0.2, -0.15) is 5.10 Å². The highest BCUT2D eigenvalue weighted by molar-refractivity contribution is 6.31. The average Bonchev–Trinajstić information content (AvgIpc) is 2.55. The van der Waals surface area contributed by atoms with E-state index in [-0.39, 0.29) is 0 Å². The van der Waals surface area contributed by atoms with Gasteiger partial charge in [-0.15, -0.1) is 0 Å². The van der Waals surface area contributed by atoms with E-state index in [9.17, 15) is 0 Å². The van der Waals surface area contributed by atoms with Crippen molar-refractivity contribution >= 4 is 11.6 Å². The van der Waals surface area contributed by atoms with Crippen LogP contribution in [0.25, 0.3) is 0 Å². The third-order valence-corrected chi connectivity index (χ3v) is 3.77. The molecule has 0 bridgehead atoms. The zero-order valence-corrected chi connectivity index (χ0v) is 11.6. The highest BCUT2D eigenvalue weighted by Crippen LogP contribution is 2.23. The summed E-state index contributed by atoms with van der Waals surface area (Å²) in [5.74, 6) is 0.545. The van der Waals surface area contributed by atoms with Gasteiger partial charge in [0.05, 0.1) is 16.4 Å². The van der Waals surface area contributed by atoms with Crippen molar-refractivity contribution in [1.29, 1.82) is 0 Å². The number of aromatic nitrogens is 2. The first kappa shape index (κ1) is 13.5. The number of rotatable bonds is 5. The Morgan fingerprint density at radius 3 is 2.56 bits per heavy atom. The van der Waals surface area contributed by atoms with Crippen LogP contribution in [0.15, 0.2) is 0 Å². The quantitative estimate of drug-likeness (QED) is 0.862. The van der Waals surface area contributed by atoms with Crippen LogP contribution in [0.4, 0.5) is 0 Å². The lowest BCUT2D eigenvalue weighted by molar-refractivity contribution is 0.411. The molecule has 0 amide bonds. The van der Waals surface area contributed by atoms with Gasteiger partial charge in [-0.05, 0) is 40.2 Å². The number of hydrogen-bond donors (Lipinski definition) is 1. The van der Waals surface area contributed by atoms with Crippen molar-refractivity contribution in [3.8, 4) is 0 Å². The van der Waals surface area contributed by atoms with Gasteiger partial charge < -0.3 is 5.32 Å². The molecule has 0 saturated carbocycles. The van der Waals surface area contributed by atoms with E-state index in [1.807, 2.05) is 18.7 Å². The molecule has 1 rings (SSSR count). The minimum atomic E-state index is 0.483. The molecule has 0 saturated heterocycles. The van der Waals surface area contributed by atoms with Crippen LogP contribution >= 0.6 is 11.6 Å². The minimum Gasteiger partial charge on any atom is -0.317 e. The van der Waals surface area contributed by atoms with Crippen molar-refractivity contribution < 1.29 is 0 Å². The second-order valence-corrected chi connectivity index (χ2v) is 4.80. The molecular formula is C12H22ClN3. The van der Waals surface area contributed by atoms with E-state index in [4.69, 9.17) is 11.6 Å². The Kier molecular flexibility index (Phi) is 4.81. The van der Waals surface area contributed by atoms with Crippen LogP contribution in [-0.2, 0) is 13.0 Å². The van der Waals surface area contributed by atoms with Crippen LogP contribution in [0.2, 0.25) is 5.02 Å². The molecule has 0 aliphatic heterocycles. The predicted molar refractivity (Wildman–Crippen MR) is 69.0 cm³/mol. The Hall–Kier alpha value is -0.540. The second-order valence-electron chi connectivity index (χ2n) is 4.42. The van der Waals surface area contributed by atoms with E-state index in [2.05, 4.69) is 31.2 Å². The van der Waals surface area contributed by atoms with E-state index in [0.29, 0.717) is 12.0 Å². The molecule has 2 atom stereocenters. The third-order valence-electron chi connectivity index (χ3n) is 3.28. The highest BCUT2D eigenvalue weighted by atomic mass is 35.5. The zero-order chi connectivity index (χ0) is 12.3. The molecule has 1 N–H and O–H groups in total. The van der Waals surface area contributed by atoms with Crippen LogP contribution in [0.5, 0.6) is 0 Å². The molecular weight excluding hydrogens is 222 g/mol. The van der Waals surface area contributed by atoms with E-state index >= 15 is 0 Å². The summed E-state index contributed by atoms with van der Waals surface area (Å²) in [6.45, 7) is 9.37. The monoisotopic (exact) mass is 243 g/mol. The van der Waals surface area contributed by atoms with Crippen LogP contribution in [0, 0.1) is 12.8 Å². The van der Waals surface area contributed by atoms with Gasteiger partial charge in [-0.25, -0.2) is 0 Å². The van der Waals surface area contributed by atoms with Gasteiger partial charge in [0.2, 0.25) is 0 Å². The van der Waals surface area contributed by atoms with Crippen molar-refractivity contribution in [2.24, 2.45) is 5.92 Å². The molecule has 0 fully saturated rings. The van der Waals surface area contributed by atoms with E-state index < -0.39 is 0 Å². The minimum absolute atomic E-state index is 0.483. The number of nitrogens with one attached hydrogen (secondary N) is 1. The maximum absolute atomic E-state index is 6.28. The fourth-order valence-corrected chi connectivity index (χ4v) is 2.04. The Morgan fingerprint density at radius 1 is 1.44 bits per heavy atom. The lowest BCUT2D eigenvalue weighted by Gasteiger charge is -2.19. The maximum atomic E-state index is 6.28. The number of aryl methyl sites for hydroxylation is 2. The van der Waals surface area contributed by atoms with Gasteiger partial charge >= 0.3 is 0 Å². The van der Waals surface area contributed by atoms with Gasteiger partial charge in [-0.3, -0.25) is 4.68 Å². The molecule has 0 radical (unpaired) electrons. The Balaban J connectivity index is 2.87. The van der Waals surface area contributed by atoms with Crippen LogP contribution < -0.4 is 5.32 Å². The molecule has 3 nitrogen and oxygen atoms in total. The number of nitrogens with zero attached hydrogens (tertiary/aromatic N) is 2. The molecule has 0 aliphatic carbocycles. The zero-order valence-electron chi connectivity index (χ0n) is 10.8. The summed E-state index contributed by atoms with van der Waals surface area (Å²) < 4.78 is 2.01. The van der Waals surface area contributed by atoms with Crippen molar-refractivity contribution in [2.45, 2.75) is 46.7 Å². The summed E-state index contributed by atoms with van der Waals surface area (Å²) >= 11 is 6.28. The molecule has 2 unspecified atom stereocenters. The number of halogens is 1. The van der Waals surface area contributed by atoms with Gasteiger partial charge in [-0.1, -0.05) is 18.5 Å². The van der Waals surface area contributed by atoms with E-state index in [1.54, 1.807) is 0 Å². The van der Waals surface area contributed by atoms with Gasteiger partial charge in [0, 0.05) is 12.6 Å². The lowest BCUT2D eigenvalue weighted by Crippen LogP contribution is -2.30. The molecule has 0 aliphatic rings. The summed E-state index contributed by atoms with van der Waals surface area (Å²) in [4.78, 5) is 0. The first-order valence-electron chi connectivity index (χ1n) is 5.90. The molecule has 0 spiro atoms.